The standard InChI is InChI=1S/C16H20ClN3O2S/c1-20(2)10-13-11-23-16(18-13)19-15(21)4-3-9-22-14-7-5-12(17)6-8-14/h5-8,11H,3-4,9-10H2,1-2H3,(H,18,19,21). The van der Waals surface area contributed by atoms with Gasteiger partial charge in [-0.2, -0.15) is 0 Å². The molecule has 7 heteroatoms. The van der Waals surface area contributed by atoms with Crippen molar-refractivity contribution >= 4 is 34.0 Å². The molecule has 2 aromatic rings. The average Bonchev–Trinajstić information content (AvgIpc) is 2.91. The molecule has 1 N–H and O–H groups in total. The largest absolute Gasteiger partial charge is 0.494 e. The maximum Gasteiger partial charge on any atom is 0.226 e. The van der Waals surface area contributed by atoms with Crippen LogP contribution in [-0.2, 0) is 11.3 Å². The van der Waals surface area contributed by atoms with Crippen LogP contribution in [-0.4, -0.2) is 36.5 Å². The van der Waals surface area contributed by atoms with Crippen molar-refractivity contribution in [3.05, 3.63) is 40.4 Å². The summed E-state index contributed by atoms with van der Waals surface area (Å²) in [5.74, 6) is 0.707. The van der Waals surface area contributed by atoms with Gasteiger partial charge < -0.3 is 15.0 Å². The lowest BCUT2D eigenvalue weighted by atomic mass is 10.3. The molecule has 0 aliphatic rings. The Bertz CT molecular complexity index is 629. The summed E-state index contributed by atoms with van der Waals surface area (Å²) in [4.78, 5) is 18.3. The minimum atomic E-state index is -0.0459. The van der Waals surface area contributed by atoms with E-state index in [-0.39, 0.29) is 5.91 Å². The molecular formula is C16H20ClN3O2S. The third kappa shape index (κ3) is 6.56. The molecule has 1 aromatic carbocycles. The number of hydrogen-bond acceptors (Lipinski definition) is 5. The van der Waals surface area contributed by atoms with Crippen LogP contribution in [0.1, 0.15) is 18.5 Å². The van der Waals surface area contributed by atoms with E-state index in [9.17, 15) is 4.79 Å². The summed E-state index contributed by atoms with van der Waals surface area (Å²) >= 11 is 7.25. The third-order valence-electron chi connectivity index (χ3n) is 2.91. The number of carbonyl (C=O) groups excluding carboxylic acids is 1. The zero-order valence-corrected chi connectivity index (χ0v) is 14.8. The molecule has 0 bridgehead atoms. The highest BCUT2D eigenvalue weighted by Crippen LogP contribution is 2.17. The highest BCUT2D eigenvalue weighted by atomic mass is 35.5. The maximum atomic E-state index is 11.9. The second-order valence-electron chi connectivity index (χ2n) is 5.34. The topological polar surface area (TPSA) is 54.5 Å². The Hall–Kier alpha value is -1.63. The molecule has 1 heterocycles. The summed E-state index contributed by atoms with van der Waals surface area (Å²) in [7, 11) is 3.97. The summed E-state index contributed by atoms with van der Waals surface area (Å²) < 4.78 is 5.55. The molecule has 1 aromatic heterocycles. The van der Waals surface area contributed by atoms with Gasteiger partial charge in [-0.25, -0.2) is 4.98 Å². The van der Waals surface area contributed by atoms with Crippen LogP contribution in [0.5, 0.6) is 5.75 Å². The summed E-state index contributed by atoms with van der Waals surface area (Å²) in [6.45, 7) is 1.25. The van der Waals surface area contributed by atoms with E-state index in [2.05, 4.69) is 10.3 Å². The first-order chi connectivity index (χ1) is 11.0. The van der Waals surface area contributed by atoms with Gasteiger partial charge in [-0.15, -0.1) is 11.3 Å². The van der Waals surface area contributed by atoms with Crippen molar-refractivity contribution in [3.8, 4) is 5.75 Å². The first-order valence-corrected chi connectivity index (χ1v) is 8.56. The number of ether oxygens (including phenoxy) is 1. The summed E-state index contributed by atoms with van der Waals surface area (Å²) in [5, 5.41) is 6.10. The van der Waals surface area contributed by atoms with Crippen molar-refractivity contribution in [1.82, 2.24) is 9.88 Å². The van der Waals surface area contributed by atoms with Crippen molar-refractivity contribution in [2.45, 2.75) is 19.4 Å². The van der Waals surface area contributed by atoms with E-state index in [1.165, 1.54) is 11.3 Å². The molecule has 0 radical (unpaired) electrons. The Morgan fingerprint density at radius 3 is 2.78 bits per heavy atom. The first kappa shape index (κ1) is 17.7. The van der Waals surface area contributed by atoms with Gasteiger partial charge in [0.05, 0.1) is 12.3 Å². The highest BCUT2D eigenvalue weighted by molar-refractivity contribution is 7.13. The number of rotatable bonds is 8. The van der Waals surface area contributed by atoms with Gasteiger partial charge in [0.2, 0.25) is 5.91 Å². The van der Waals surface area contributed by atoms with Crippen molar-refractivity contribution < 1.29 is 9.53 Å². The highest BCUT2D eigenvalue weighted by Gasteiger charge is 2.07. The lowest BCUT2D eigenvalue weighted by molar-refractivity contribution is -0.116. The number of amides is 1. The van der Waals surface area contributed by atoms with E-state index in [0.29, 0.717) is 29.6 Å². The van der Waals surface area contributed by atoms with Gasteiger partial charge >= 0.3 is 0 Å². The molecule has 0 unspecified atom stereocenters. The molecule has 1 amide bonds. The van der Waals surface area contributed by atoms with Gasteiger partial charge in [-0.1, -0.05) is 11.6 Å². The minimum Gasteiger partial charge on any atom is -0.494 e. The van der Waals surface area contributed by atoms with Crippen molar-refractivity contribution in [2.24, 2.45) is 0 Å². The molecule has 0 fully saturated rings. The fourth-order valence-electron chi connectivity index (χ4n) is 1.90. The van der Waals surface area contributed by atoms with E-state index < -0.39 is 0 Å². The normalized spacial score (nSPS) is 10.8. The van der Waals surface area contributed by atoms with Gasteiger partial charge in [0, 0.05) is 23.4 Å². The predicted molar refractivity (Wildman–Crippen MR) is 94.3 cm³/mol. The number of anilines is 1. The number of halogens is 1. The fraction of sp³-hybridized carbons (Fsp3) is 0.375. The molecule has 0 atom stereocenters. The van der Waals surface area contributed by atoms with Crippen LogP contribution >= 0.6 is 22.9 Å². The predicted octanol–water partition coefficient (Wildman–Crippen LogP) is 3.66. The van der Waals surface area contributed by atoms with E-state index >= 15 is 0 Å². The molecule has 0 aliphatic heterocycles. The van der Waals surface area contributed by atoms with Crippen LogP contribution in [0.25, 0.3) is 0 Å². The van der Waals surface area contributed by atoms with Crippen molar-refractivity contribution in [3.63, 3.8) is 0 Å². The quantitative estimate of drug-likeness (QED) is 0.736. The Kier molecular flexibility index (Phi) is 6.83. The molecule has 2 rings (SSSR count). The molecule has 0 saturated heterocycles. The SMILES string of the molecule is CN(C)Cc1csc(NC(=O)CCCOc2ccc(Cl)cc2)n1. The summed E-state index contributed by atoms with van der Waals surface area (Å²) in [6, 6.07) is 7.17. The number of nitrogens with zero attached hydrogens (tertiary/aromatic N) is 2. The van der Waals surface area contributed by atoms with E-state index in [0.717, 1.165) is 18.0 Å². The zero-order chi connectivity index (χ0) is 16.7. The molecule has 0 saturated carbocycles. The molecular weight excluding hydrogens is 334 g/mol. The van der Waals surface area contributed by atoms with Gasteiger partial charge in [-0.05, 0) is 44.8 Å². The molecule has 23 heavy (non-hydrogen) atoms. The Labute approximate surface area is 145 Å². The van der Waals surface area contributed by atoms with E-state index in [1.54, 1.807) is 12.1 Å². The summed E-state index contributed by atoms with van der Waals surface area (Å²) in [5.41, 5.74) is 0.960. The van der Waals surface area contributed by atoms with Crippen molar-refractivity contribution in [1.29, 1.82) is 0 Å². The Balaban J connectivity index is 1.66. The Morgan fingerprint density at radius 2 is 2.09 bits per heavy atom. The maximum absolute atomic E-state index is 11.9. The molecule has 124 valence electrons. The van der Waals surface area contributed by atoms with Crippen LogP contribution in [0, 0.1) is 0 Å². The van der Waals surface area contributed by atoms with Gasteiger partial charge in [-0.3, -0.25) is 4.79 Å². The minimum absolute atomic E-state index is 0.0459. The number of carbonyl (C=O) groups is 1. The molecule has 0 aliphatic carbocycles. The molecule has 0 spiro atoms. The first-order valence-electron chi connectivity index (χ1n) is 7.30. The van der Waals surface area contributed by atoms with Crippen LogP contribution < -0.4 is 10.1 Å². The number of aromatic nitrogens is 1. The number of nitrogens with one attached hydrogen (secondary N) is 1. The van der Waals surface area contributed by atoms with Crippen LogP contribution in [0.2, 0.25) is 5.02 Å². The van der Waals surface area contributed by atoms with Gasteiger partial charge in [0.1, 0.15) is 5.75 Å². The lowest BCUT2D eigenvalue weighted by Gasteiger charge is -2.06. The lowest BCUT2D eigenvalue weighted by Crippen LogP contribution is -2.13. The van der Waals surface area contributed by atoms with Crippen LogP contribution in [0.3, 0.4) is 0 Å². The average molecular weight is 354 g/mol. The number of hydrogen-bond donors (Lipinski definition) is 1. The number of thiazole rings is 1. The monoisotopic (exact) mass is 353 g/mol. The second-order valence-corrected chi connectivity index (χ2v) is 6.63. The van der Waals surface area contributed by atoms with Crippen LogP contribution in [0.4, 0.5) is 5.13 Å². The smallest absolute Gasteiger partial charge is 0.226 e. The fourth-order valence-corrected chi connectivity index (χ4v) is 2.74. The van der Waals surface area contributed by atoms with Crippen LogP contribution in [0.15, 0.2) is 29.6 Å². The zero-order valence-electron chi connectivity index (χ0n) is 13.2. The third-order valence-corrected chi connectivity index (χ3v) is 3.97. The second kappa shape index (κ2) is 8.86. The van der Waals surface area contributed by atoms with Gasteiger partial charge in [0.15, 0.2) is 5.13 Å². The van der Waals surface area contributed by atoms with Crippen molar-refractivity contribution in [2.75, 3.05) is 26.0 Å². The molecule has 5 nitrogen and oxygen atoms in total. The van der Waals surface area contributed by atoms with E-state index in [1.807, 2.05) is 36.5 Å². The summed E-state index contributed by atoms with van der Waals surface area (Å²) in [6.07, 6.45) is 1.04. The van der Waals surface area contributed by atoms with E-state index in [4.69, 9.17) is 16.3 Å². The number of benzene rings is 1. The van der Waals surface area contributed by atoms with Gasteiger partial charge in [0.25, 0.3) is 0 Å². The Morgan fingerprint density at radius 1 is 1.35 bits per heavy atom.